The minimum absolute atomic E-state index is 0.0708. The van der Waals surface area contributed by atoms with E-state index in [-0.39, 0.29) is 5.78 Å². The van der Waals surface area contributed by atoms with E-state index in [4.69, 9.17) is 14.2 Å². The zero-order chi connectivity index (χ0) is 16.8. The van der Waals surface area contributed by atoms with Gasteiger partial charge < -0.3 is 14.2 Å². The number of benzene rings is 2. The van der Waals surface area contributed by atoms with Gasteiger partial charge in [0, 0.05) is 18.7 Å². The second kappa shape index (κ2) is 7.95. The lowest BCUT2D eigenvalue weighted by atomic mass is 10.1. The van der Waals surface area contributed by atoms with Crippen LogP contribution >= 0.6 is 0 Å². The molecule has 1 saturated heterocycles. The fraction of sp³-hybridized carbons (Fsp3) is 0.316. The van der Waals surface area contributed by atoms with Crippen LogP contribution in [0.4, 0.5) is 0 Å². The van der Waals surface area contributed by atoms with Crippen molar-refractivity contribution >= 4 is 5.78 Å². The molecule has 5 heteroatoms. The molecule has 1 heterocycles. The van der Waals surface area contributed by atoms with Gasteiger partial charge in [-0.15, -0.1) is 0 Å². The van der Waals surface area contributed by atoms with Crippen LogP contribution in [0.5, 0.6) is 17.2 Å². The lowest BCUT2D eigenvalue weighted by Crippen LogP contribution is -2.39. The summed E-state index contributed by atoms with van der Waals surface area (Å²) < 4.78 is 16.5. The number of carbonyl (C=O) groups is 1. The fourth-order valence-electron chi connectivity index (χ4n) is 2.59. The average molecular weight is 327 g/mol. The van der Waals surface area contributed by atoms with Crippen LogP contribution in [0.25, 0.3) is 0 Å². The predicted molar refractivity (Wildman–Crippen MR) is 91.1 cm³/mol. The Morgan fingerprint density at radius 3 is 2.54 bits per heavy atom. The summed E-state index contributed by atoms with van der Waals surface area (Å²) in [5.41, 5.74) is 0.624. The summed E-state index contributed by atoms with van der Waals surface area (Å²) in [5.74, 6) is 1.93. The number of para-hydroxylation sites is 1. The lowest BCUT2D eigenvalue weighted by molar-refractivity contribution is 0.0371. The number of rotatable bonds is 6. The zero-order valence-electron chi connectivity index (χ0n) is 13.7. The van der Waals surface area contributed by atoms with Crippen LogP contribution < -0.4 is 9.47 Å². The molecule has 0 aromatic heterocycles. The van der Waals surface area contributed by atoms with Crippen LogP contribution in [0.3, 0.4) is 0 Å². The van der Waals surface area contributed by atoms with Gasteiger partial charge in [0.05, 0.1) is 26.9 Å². The monoisotopic (exact) mass is 327 g/mol. The quantitative estimate of drug-likeness (QED) is 0.763. The molecule has 2 aromatic rings. The van der Waals surface area contributed by atoms with E-state index in [1.807, 2.05) is 30.3 Å². The van der Waals surface area contributed by atoms with Crippen molar-refractivity contribution in [2.75, 3.05) is 40.0 Å². The van der Waals surface area contributed by atoms with E-state index in [0.29, 0.717) is 36.8 Å². The van der Waals surface area contributed by atoms with Crippen LogP contribution in [0, 0.1) is 0 Å². The van der Waals surface area contributed by atoms with Gasteiger partial charge in [-0.25, -0.2) is 0 Å². The molecule has 0 saturated carbocycles. The number of nitrogens with zero attached hydrogens (tertiary/aromatic N) is 1. The van der Waals surface area contributed by atoms with Crippen molar-refractivity contribution < 1.29 is 19.0 Å². The molecule has 24 heavy (non-hydrogen) atoms. The lowest BCUT2D eigenvalue weighted by Gasteiger charge is -2.25. The van der Waals surface area contributed by atoms with Crippen LogP contribution in [0.15, 0.2) is 48.5 Å². The Kier molecular flexibility index (Phi) is 5.46. The van der Waals surface area contributed by atoms with Gasteiger partial charge in [0.1, 0.15) is 5.75 Å². The maximum Gasteiger partial charge on any atom is 0.176 e. The minimum atomic E-state index is 0.0708. The normalized spacial score (nSPS) is 15.0. The largest absolute Gasteiger partial charge is 0.493 e. The predicted octanol–water partition coefficient (Wildman–Crippen LogP) is 3.00. The molecular weight excluding hydrogens is 306 g/mol. The molecule has 0 radical (unpaired) electrons. The Balaban J connectivity index is 1.72. The van der Waals surface area contributed by atoms with Gasteiger partial charge in [-0.05, 0) is 30.3 Å². The van der Waals surface area contributed by atoms with E-state index < -0.39 is 0 Å². The van der Waals surface area contributed by atoms with Crippen molar-refractivity contribution in [2.45, 2.75) is 0 Å². The van der Waals surface area contributed by atoms with Gasteiger partial charge in [0.25, 0.3) is 0 Å². The molecule has 1 aliphatic heterocycles. The summed E-state index contributed by atoms with van der Waals surface area (Å²) in [5, 5.41) is 0. The first-order valence-electron chi connectivity index (χ1n) is 8.00. The van der Waals surface area contributed by atoms with Gasteiger partial charge >= 0.3 is 0 Å². The SMILES string of the molecule is COc1cc(C(=O)CN2CCOCC2)ccc1Oc1ccccc1. The van der Waals surface area contributed by atoms with Gasteiger partial charge in [0.2, 0.25) is 0 Å². The zero-order valence-corrected chi connectivity index (χ0v) is 13.7. The Morgan fingerprint density at radius 1 is 1.08 bits per heavy atom. The number of methoxy groups -OCH3 is 1. The molecule has 0 N–H and O–H groups in total. The van der Waals surface area contributed by atoms with Crippen LogP contribution in [0.1, 0.15) is 10.4 Å². The number of hydrogen-bond acceptors (Lipinski definition) is 5. The second-order valence-corrected chi connectivity index (χ2v) is 5.59. The fourth-order valence-corrected chi connectivity index (χ4v) is 2.59. The highest BCUT2D eigenvalue weighted by molar-refractivity contribution is 5.98. The molecule has 0 spiro atoms. The maximum absolute atomic E-state index is 12.5. The molecule has 1 aliphatic rings. The summed E-state index contributed by atoms with van der Waals surface area (Å²) in [6, 6.07) is 14.8. The van der Waals surface area contributed by atoms with Crippen molar-refractivity contribution in [3.8, 4) is 17.2 Å². The molecule has 1 fully saturated rings. The van der Waals surface area contributed by atoms with Gasteiger partial charge in [-0.3, -0.25) is 9.69 Å². The van der Waals surface area contributed by atoms with Crippen molar-refractivity contribution in [3.63, 3.8) is 0 Å². The topological polar surface area (TPSA) is 48.0 Å². The Labute approximate surface area is 141 Å². The number of ketones is 1. The molecule has 0 amide bonds. The molecular formula is C19H21NO4. The van der Waals surface area contributed by atoms with E-state index in [1.165, 1.54) is 0 Å². The molecule has 3 rings (SSSR count). The summed E-state index contributed by atoms with van der Waals surface area (Å²) in [6.45, 7) is 3.34. The number of Topliss-reactive ketones (excluding diaryl/α,β-unsaturated/α-hetero) is 1. The minimum Gasteiger partial charge on any atom is -0.493 e. The third-order valence-electron chi connectivity index (χ3n) is 3.93. The molecule has 5 nitrogen and oxygen atoms in total. The van der Waals surface area contributed by atoms with Crippen molar-refractivity contribution in [1.29, 1.82) is 0 Å². The highest BCUT2D eigenvalue weighted by Gasteiger charge is 2.17. The van der Waals surface area contributed by atoms with Gasteiger partial charge in [-0.2, -0.15) is 0 Å². The number of morpholine rings is 1. The summed E-state index contributed by atoms with van der Waals surface area (Å²) in [6.07, 6.45) is 0. The summed E-state index contributed by atoms with van der Waals surface area (Å²) >= 11 is 0. The smallest absolute Gasteiger partial charge is 0.176 e. The third kappa shape index (κ3) is 4.13. The average Bonchev–Trinajstić information content (AvgIpc) is 2.63. The van der Waals surface area contributed by atoms with Gasteiger partial charge in [0.15, 0.2) is 17.3 Å². The van der Waals surface area contributed by atoms with Crippen LogP contribution in [-0.4, -0.2) is 50.6 Å². The Bertz CT molecular complexity index is 681. The maximum atomic E-state index is 12.5. The first-order chi connectivity index (χ1) is 11.8. The first-order valence-corrected chi connectivity index (χ1v) is 8.00. The van der Waals surface area contributed by atoms with Crippen molar-refractivity contribution in [2.24, 2.45) is 0 Å². The molecule has 0 bridgehead atoms. The van der Waals surface area contributed by atoms with E-state index in [2.05, 4.69) is 4.90 Å². The second-order valence-electron chi connectivity index (χ2n) is 5.59. The number of ether oxygens (including phenoxy) is 3. The van der Waals surface area contributed by atoms with Gasteiger partial charge in [-0.1, -0.05) is 18.2 Å². The number of carbonyl (C=O) groups excluding carboxylic acids is 1. The molecule has 2 aromatic carbocycles. The molecule has 126 valence electrons. The van der Waals surface area contributed by atoms with Crippen molar-refractivity contribution in [3.05, 3.63) is 54.1 Å². The van der Waals surface area contributed by atoms with E-state index in [9.17, 15) is 4.79 Å². The highest BCUT2D eigenvalue weighted by Crippen LogP contribution is 2.32. The Morgan fingerprint density at radius 2 is 1.83 bits per heavy atom. The summed E-state index contributed by atoms with van der Waals surface area (Å²) in [7, 11) is 1.57. The number of hydrogen-bond donors (Lipinski definition) is 0. The first kappa shape index (κ1) is 16.5. The van der Waals surface area contributed by atoms with E-state index >= 15 is 0 Å². The molecule has 0 unspecified atom stereocenters. The third-order valence-corrected chi connectivity index (χ3v) is 3.93. The van der Waals surface area contributed by atoms with Crippen LogP contribution in [0.2, 0.25) is 0 Å². The van der Waals surface area contributed by atoms with E-state index in [0.717, 1.165) is 18.8 Å². The highest BCUT2D eigenvalue weighted by atomic mass is 16.5. The summed E-state index contributed by atoms with van der Waals surface area (Å²) in [4.78, 5) is 14.6. The van der Waals surface area contributed by atoms with E-state index in [1.54, 1.807) is 25.3 Å². The standard InChI is InChI=1S/C19H21NO4/c1-22-19-13-15(17(21)14-20-9-11-23-12-10-20)7-8-18(19)24-16-5-3-2-4-6-16/h2-8,13H,9-12,14H2,1H3. The molecule has 0 aliphatic carbocycles. The molecule has 0 atom stereocenters. The van der Waals surface area contributed by atoms with Crippen LogP contribution in [-0.2, 0) is 4.74 Å². The van der Waals surface area contributed by atoms with Crippen molar-refractivity contribution in [1.82, 2.24) is 4.90 Å². The Hall–Kier alpha value is -2.37.